The molecule has 0 radical (unpaired) electrons. The van der Waals surface area contributed by atoms with Gasteiger partial charge in [-0.2, -0.15) is 26.7 Å². The molecule has 0 fully saturated rings. The molecule has 0 heterocycles. The van der Waals surface area contributed by atoms with Crippen LogP contribution < -0.4 is 0 Å². The minimum absolute atomic E-state index is 0. The summed E-state index contributed by atoms with van der Waals surface area (Å²) in [6.07, 6.45) is 0. The third kappa shape index (κ3) is 5.64. The largest absolute Gasteiger partial charge is 0.397 e. The molecule has 0 aromatic rings. The molecular weight excluding hydrogens is 256 g/mol. The van der Waals surface area contributed by atoms with Gasteiger partial charge in [-0.05, 0) is 0 Å². The third-order valence-corrected chi connectivity index (χ3v) is 2.40. The predicted octanol–water partition coefficient (Wildman–Crippen LogP) is -1.27. The van der Waals surface area contributed by atoms with Crippen LogP contribution >= 0.6 is 9.90 Å². The average molecular weight is 262 g/mol. The summed E-state index contributed by atoms with van der Waals surface area (Å²) in [4.78, 5) is 0. The van der Waals surface area contributed by atoms with Crippen LogP contribution in [0.3, 0.4) is 0 Å². The monoisotopic (exact) mass is 260 g/mol. The van der Waals surface area contributed by atoms with Gasteiger partial charge in [0.05, 0.1) is 0 Å². The van der Waals surface area contributed by atoms with Gasteiger partial charge in [-0.3, -0.25) is 9.11 Å². The molecule has 0 spiro atoms. The van der Waals surface area contributed by atoms with Crippen LogP contribution in [0.25, 0.3) is 0 Å². The zero-order chi connectivity index (χ0) is 7.00. The van der Waals surface area contributed by atoms with Crippen molar-refractivity contribution in [2.45, 2.75) is 0 Å². The van der Waals surface area contributed by atoms with E-state index in [1.807, 2.05) is 0 Å². The number of hydrogen-bond donors (Lipinski definition) is 2. The van der Waals surface area contributed by atoms with Crippen molar-refractivity contribution in [3.8, 4) is 0 Å². The molecule has 0 aliphatic heterocycles. The zero-order valence-corrected chi connectivity index (χ0v) is 10.8. The Balaban J connectivity index is -0.000000245. The fourth-order valence-corrected chi connectivity index (χ4v) is 0. The van der Waals surface area contributed by atoms with Gasteiger partial charge >= 0.3 is 18.3 Å². The fourth-order valence-electron chi connectivity index (χ4n) is 0. The van der Waals surface area contributed by atoms with Crippen LogP contribution in [0.4, 0.5) is 0 Å². The molecular formula is H5O6PS2Zn. The van der Waals surface area contributed by atoms with Crippen LogP contribution in [0.5, 0.6) is 0 Å². The quantitative estimate of drug-likeness (QED) is 0.264. The van der Waals surface area contributed by atoms with E-state index in [2.05, 4.69) is 0 Å². The summed E-state index contributed by atoms with van der Waals surface area (Å²) in [5, 5.41) is 0. The van der Waals surface area contributed by atoms with Crippen LogP contribution in [0, 0.1) is 0 Å². The first-order valence-electron chi connectivity index (χ1n) is 1.20. The van der Waals surface area contributed by atoms with E-state index in [0.29, 0.717) is 0 Å². The summed E-state index contributed by atoms with van der Waals surface area (Å²) in [7, 11) is -10.6. The minimum Gasteiger partial charge on any atom is -0.272 e. The molecule has 0 aliphatic rings. The maximum atomic E-state index is 9.37. The summed E-state index contributed by atoms with van der Waals surface area (Å²) in [6.45, 7) is 0. The zero-order valence-electron chi connectivity index (χ0n) is 4.76. The van der Waals surface area contributed by atoms with E-state index in [4.69, 9.17) is 9.11 Å². The first-order valence-corrected chi connectivity index (χ1v) is 4.60. The topological polar surface area (TPSA) is 109 Å². The predicted molar refractivity (Wildman–Crippen MR) is 34.2 cm³/mol. The molecule has 2 N–H and O–H groups in total. The Labute approximate surface area is 73.7 Å². The summed E-state index contributed by atoms with van der Waals surface area (Å²) >= 11 is 0. The maximum absolute atomic E-state index is 9.37. The van der Waals surface area contributed by atoms with Gasteiger partial charge in [0.25, 0.3) is 0 Å². The van der Waals surface area contributed by atoms with Crippen LogP contribution in [-0.2, 0) is 37.8 Å². The van der Waals surface area contributed by atoms with Crippen molar-refractivity contribution in [3.63, 3.8) is 0 Å². The summed E-state index contributed by atoms with van der Waals surface area (Å²) in [5.41, 5.74) is 0. The van der Waals surface area contributed by atoms with E-state index in [1.165, 1.54) is 0 Å². The fraction of sp³-hybridized carbons (Fsp3) is 0. The van der Waals surface area contributed by atoms with E-state index in [9.17, 15) is 16.8 Å². The molecule has 0 rings (SSSR count). The van der Waals surface area contributed by atoms with Crippen LogP contribution in [-0.4, -0.2) is 25.9 Å². The van der Waals surface area contributed by atoms with Crippen molar-refractivity contribution in [2.75, 3.05) is 0 Å². The smallest absolute Gasteiger partial charge is 0.272 e. The maximum Gasteiger partial charge on any atom is 0.397 e. The normalized spacial score (nSPS) is 11.0. The van der Waals surface area contributed by atoms with Gasteiger partial charge in [-0.25, -0.2) is 0 Å². The van der Waals surface area contributed by atoms with Crippen LogP contribution in [0.2, 0.25) is 0 Å². The second kappa shape index (κ2) is 4.69. The molecule has 0 bridgehead atoms. The number of rotatable bonds is 1. The Morgan fingerprint density at radius 2 is 0.900 bits per heavy atom. The molecule has 60 valence electrons. The molecule has 0 saturated carbocycles. The minimum atomic E-state index is -5.31. The summed E-state index contributed by atoms with van der Waals surface area (Å²) < 4.78 is 52.5. The van der Waals surface area contributed by atoms with Crippen LogP contribution in [0.1, 0.15) is 0 Å². The molecule has 10 heavy (non-hydrogen) atoms. The number of hydrogen-bond acceptors (Lipinski definition) is 4. The van der Waals surface area contributed by atoms with E-state index >= 15 is 0 Å². The van der Waals surface area contributed by atoms with Gasteiger partial charge in [0.15, 0.2) is 0 Å². The Morgan fingerprint density at radius 3 is 0.900 bits per heavy atom. The Kier molecular flexibility index (Phi) is 8.02. The van der Waals surface area contributed by atoms with Crippen molar-refractivity contribution < 1.29 is 45.4 Å². The van der Waals surface area contributed by atoms with Gasteiger partial charge in [0, 0.05) is 19.5 Å². The first kappa shape index (κ1) is 17.1. The molecule has 0 saturated heterocycles. The van der Waals surface area contributed by atoms with Gasteiger partial charge in [0.1, 0.15) is 0 Å². The molecule has 1 unspecified atom stereocenters. The van der Waals surface area contributed by atoms with Crippen molar-refractivity contribution >= 4 is 28.2 Å². The second-order valence-corrected chi connectivity index (χ2v) is 5.09. The Bertz CT molecular complexity index is 228. The van der Waals surface area contributed by atoms with Crippen molar-refractivity contribution in [2.24, 2.45) is 0 Å². The average Bonchev–Trinajstić information content (AvgIpc) is 1.25. The Morgan fingerprint density at radius 1 is 0.800 bits per heavy atom. The van der Waals surface area contributed by atoms with Crippen molar-refractivity contribution in [1.29, 1.82) is 0 Å². The van der Waals surface area contributed by atoms with Gasteiger partial charge in [0.2, 0.25) is 0 Å². The van der Waals surface area contributed by atoms with E-state index in [0.717, 1.165) is 0 Å². The molecule has 6 nitrogen and oxygen atoms in total. The molecule has 0 amide bonds. The Hall–Kier alpha value is 0.873. The van der Waals surface area contributed by atoms with Gasteiger partial charge in [-0.1, -0.05) is 0 Å². The molecule has 0 aromatic carbocycles. The standard InChI is InChI=1S/H2O6S2.H3P.Zn/c1-7(2,3)8(4,5)6;;/h(H,1,2,3)(H,4,5,6);1H3;. The van der Waals surface area contributed by atoms with Gasteiger partial charge in [-0.15, -0.1) is 0 Å². The SMILES string of the molecule is O=S(=O)(O)S(=O)(=O)O.P.[Zn]. The first-order chi connectivity index (χ1) is 3.25. The van der Waals surface area contributed by atoms with Crippen molar-refractivity contribution in [1.82, 2.24) is 0 Å². The van der Waals surface area contributed by atoms with E-state index in [-0.39, 0.29) is 29.4 Å². The van der Waals surface area contributed by atoms with E-state index in [1.54, 1.807) is 0 Å². The summed E-state index contributed by atoms with van der Waals surface area (Å²) in [5.74, 6) is 0. The van der Waals surface area contributed by atoms with Crippen molar-refractivity contribution in [3.05, 3.63) is 0 Å². The molecule has 10 heteroatoms. The van der Waals surface area contributed by atoms with Gasteiger partial charge < -0.3 is 0 Å². The molecule has 1 atom stereocenters. The van der Waals surface area contributed by atoms with Crippen LogP contribution in [0.15, 0.2) is 0 Å². The second-order valence-electron chi connectivity index (χ2n) is 0.855. The molecule has 0 aliphatic carbocycles. The molecule has 0 aromatic heterocycles. The van der Waals surface area contributed by atoms with E-state index < -0.39 is 18.3 Å². The summed E-state index contributed by atoms with van der Waals surface area (Å²) in [6, 6.07) is 0. The third-order valence-electron chi connectivity index (χ3n) is 0.266.